The van der Waals surface area contributed by atoms with Crippen LogP contribution in [0.5, 0.6) is 11.5 Å². The van der Waals surface area contributed by atoms with Gasteiger partial charge in [0.15, 0.2) is 0 Å². The van der Waals surface area contributed by atoms with E-state index >= 15 is 0 Å². The highest BCUT2D eigenvalue weighted by atomic mass is 35.5. The average Bonchev–Trinajstić information content (AvgIpc) is 2.85. The summed E-state index contributed by atoms with van der Waals surface area (Å²) in [5.41, 5.74) is 5.45. The number of pyridine rings is 1. The van der Waals surface area contributed by atoms with Gasteiger partial charge in [-0.25, -0.2) is 5.43 Å². The van der Waals surface area contributed by atoms with Gasteiger partial charge in [-0.15, -0.1) is 0 Å². The third kappa shape index (κ3) is 5.65. The minimum absolute atomic E-state index is 0.0244. The number of fused-ring (bicyclic) bond motifs is 1. The summed E-state index contributed by atoms with van der Waals surface area (Å²) < 4.78 is 11.5. The molecule has 1 amide bonds. The maximum Gasteiger partial charge on any atom is 0.244 e. The predicted octanol–water partition coefficient (Wildman–Crippen LogP) is 5.82. The van der Waals surface area contributed by atoms with Crippen LogP contribution >= 0.6 is 23.2 Å². The van der Waals surface area contributed by atoms with E-state index in [1.807, 2.05) is 48.5 Å². The molecule has 0 spiro atoms. The Labute approximate surface area is 207 Å². The molecule has 0 saturated heterocycles. The number of amides is 1. The number of hydrogen-bond acceptors (Lipinski definition) is 5. The lowest BCUT2D eigenvalue weighted by Gasteiger charge is -2.12. The molecule has 0 unspecified atom stereocenters. The molecule has 0 saturated carbocycles. The van der Waals surface area contributed by atoms with Crippen molar-refractivity contribution in [3.8, 4) is 11.5 Å². The van der Waals surface area contributed by atoms with Crippen LogP contribution in [0.4, 0.5) is 0 Å². The highest BCUT2D eigenvalue weighted by Gasteiger charge is 2.11. The zero-order valence-electron chi connectivity index (χ0n) is 18.3. The molecule has 4 aromatic rings. The second-order valence-electron chi connectivity index (χ2n) is 7.36. The van der Waals surface area contributed by atoms with Crippen molar-refractivity contribution in [1.82, 2.24) is 10.4 Å². The summed E-state index contributed by atoms with van der Waals surface area (Å²) >= 11 is 12.3. The lowest BCUT2D eigenvalue weighted by Crippen LogP contribution is -2.20. The minimum Gasteiger partial charge on any atom is -0.496 e. The highest BCUT2D eigenvalue weighted by molar-refractivity contribution is 6.36. The third-order valence-corrected chi connectivity index (χ3v) is 5.79. The lowest BCUT2D eigenvalue weighted by atomic mass is 10.1. The van der Waals surface area contributed by atoms with Crippen LogP contribution in [0.2, 0.25) is 10.0 Å². The van der Waals surface area contributed by atoms with E-state index in [4.69, 9.17) is 32.7 Å². The van der Waals surface area contributed by atoms with Gasteiger partial charge >= 0.3 is 0 Å². The molecule has 0 atom stereocenters. The molecule has 34 heavy (non-hydrogen) atoms. The van der Waals surface area contributed by atoms with Gasteiger partial charge in [0.2, 0.25) is 5.91 Å². The van der Waals surface area contributed by atoms with E-state index in [-0.39, 0.29) is 18.9 Å². The monoisotopic (exact) mass is 493 g/mol. The number of halogens is 2. The molecule has 0 radical (unpaired) electrons. The van der Waals surface area contributed by atoms with Crippen LogP contribution < -0.4 is 14.9 Å². The van der Waals surface area contributed by atoms with Gasteiger partial charge in [-0.1, -0.05) is 47.5 Å². The fourth-order valence-electron chi connectivity index (χ4n) is 3.42. The molecule has 3 aromatic carbocycles. The maximum atomic E-state index is 12.3. The zero-order chi connectivity index (χ0) is 23.9. The zero-order valence-corrected chi connectivity index (χ0v) is 19.8. The van der Waals surface area contributed by atoms with Crippen molar-refractivity contribution in [3.05, 3.63) is 99.7 Å². The fraction of sp³-hybridized carbons (Fsp3) is 0.115. The molecule has 1 N–H and O–H groups in total. The number of carbonyl (C=O) groups is 1. The van der Waals surface area contributed by atoms with Crippen molar-refractivity contribution >= 4 is 46.2 Å². The van der Waals surface area contributed by atoms with E-state index in [9.17, 15) is 4.79 Å². The number of carbonyl (C=O) groups excluding carboxylic acids is 1. The van der Waals surface area contributed by atoms with Gasteiger partial charge in [-0.05, 0) is 53.6 Å². The molecule has 0 aliphatic rings. The molecule has 0 fully saturated rings. The van der Waals surface area contributed by atoms with E-state index in [1.165, 1.54) is 0 Å². The van der Waals surface area contributed by atoms with Crippen molar-refractivity contribution in [3.63, 3.8) is 0 Å². The largest absolute Gasteiger partial charge is 0.496 e. The number of nitrogens with one attached hydrogen (secondary N) is 1. The van der Waals surface area contributed by atoms with Crippen LogP contribution in [-0.2, 0) is 17.8 Å². The van der Waals surface area contributed by atoms with E-state index < -0.39 is 0 Å². The Bertz CT molecular complexity index is 1330. The first-order valence-corrected chi connectivity index (χ1v) is 11.2. The number of methoxy groups -OCH3 is 1. The van der Waals surface area contributed by atoms with Crippen molar-refractivity contribution in [1.29, 1.82) is 0 Å². The predicted molar refractivity (Wildman–Crippen MR) is 135 cm³/mol. The van der Waals surface area contributed by atoms with Crippen LogP contribution in [0.15, 0.2) is 78.0 Å². The SMILES string of the molecule is COc1ccc(/C=N\NC(=O)Cc2c(Cl)cccc2Cl)cc1COc1cccc2cccnc12. The van der Waals surface area contributed by atoms with E-state index in [2.05, 4.69) is 15.5 Å². The van der Waals surface area contributed by atoms with Crippen LogP contribution in [0.3, 0.4) is 0 Å². The van der Waals surface area contributed by atoms with Crippen LogP contribution in [0.25, 0.3) is 10.9 Å². The van der Waals surface area contributed by atoms with Gasteiger partial charge < -0.3 is 9.47 Å². The quantitative estimate of drug-likeness (QED) is 0.248. The Morgan fingerprint density at radius 3 is 2.59 bits per heavy atom. The van der Waals surface area contributed by atoms with Crippen molar-refractivity contribution in [2.24, 2.45) is 5.10 Å². The summed E-state index contributed by atoms with van der Waals surface area (Å²) in [5.74, 6) is 1.04. The van der Waals surface area contributed by atoms with E-state index in [0.717, 1.165) is 22.0 Å². The van der Waals surface area contributed by atoms with E-state index in [0.29, 0.717) is 27.1 Å². The Balaban J connectivity index is 1.43. The molecular formula is C26H21Cl2N3O3. The first kappa shape index (κ1) is 23.5. The maximum absolute atomic E-state index is 12.3. The van der Waals surface area contributed by atoms with Crippen LogP contribution in [0, 0.1) is 0 Å². The summed E-state index contributed by atoms with van der Waals surface area (Å²) in [6.45, 7) is 0.276. The number of aromatic nitrogens is 1. The molecule has 172 valence electrons. The average molecular weight is 494 g/mol. The molecule has 0 bridgehead atoms. The molecule has 0 aliphatic carbocycles. The molecule has 8 heteroatoms. The molecular weight excluding hydrogens is 473 g/mol. The number of ether oxygens (including phenoxy) is 2. The van der Waals surface area contributed by atoms with Crippen molar-refractivity contribution in [2.45, 2.75) is 13.0 Å². The Hall–Kier alpha value is -3.61. The van der Waals surface area contributed by atoms with Gasteiger partial charge in [0.1, 0.15) is 23.6 Å². The number of nitrogens with zero attached hydrogens (tertiary/aromatic N) is 2. The third-order valence-electron chi connectivity index (χ3n) is 5.09. The van der Waals surface area contributed by atoms with Crippen molar-refractivity contribution < 1.29 is 14.3 Å². The van der Waals surface area contributed by atoms with Gasteiger partial charge in [0.25, 0.3) is 0 Å². The van der Waals surface area contributed by atoms with Gasteiger partial charge in [-0.2, -0.15) is 5.10 Å². The summed E-state index contributed by atoms with van der Waals surface area (Å²) in [6, 6.07) is 20.3. The molecule has 0 aliphatic heterocycles. The van der Waals surface area contributed by atoms with E-state index in [1.54, 1.807) is 37.7 Å². The Morgan fingerprint density at radius 2 is 1.79 bits per heavy atom. The second kappa shape index (κ2) is 11.0. The Kier molecular flexibility index (Phi) is 7.62. The summed E-state index contributed by atoms with van der Waals surface area (Å²) in [6.07, 6.45) is 3.31. The van der Waals surface area contributed by atoms with Crippen LogP contribution in [0.1, 0.15) is 16.7 Å². The number of hydrazone groups is 1. The Morgan fingerprint density at radius 1 is 1.03 bits per heavy atom. The number of rotatable bonds is 8. The number of para-hydroxylation sites is 1. The number of hydrogen-bond donors (Lipinski definition) is 1. The minimum atomic E-state index is -0.327. The normalized spacial score (nSPS) is 11.0. The summed E-state index contributed by atoms with van der Waals surface area (Å²) in [7, 11) is 1.60. The smallest absolute Gasteiger partial charge is 0.244 e. The molecule has 1 aromatic heterocycles. The van der Waals surface area contributed by atoms with Gasteiger partial charge in [0.05, 0.1) is 19.7 Å². The first-order chi connectivity index (χ1) is 16.5. The standard InChI is InChI=1S/C26H21Cl2N3O3/c1-33-23-11-10-17(15-30-31-25(32)14-20-21(27)7-3-8-22(20)28)13-19(23)16-34-24-9-2-5-18-6-4-12-29-26(18)24/h2-13,15H,14,16H2,1H3,(H,31,32)/b30-15-. The second-order valence-corrected chi connectivity index (χ2v) is 8.18. The van der Waals surface area contributed by atoms with Crippen LogP contribution in [-0.4, -0.2) is 24.2 Å². The topological polar surface area (TPSA) is 72.8 Å². The highest BCUT2D eigenvalue weighted by Crippen LogP contribution is 2.27. The summed E-state index contributed by atoms with van der Waals surface area (Å²) in [4.78, 5) is 16.7. The van der Waals surface area contributed by atoms with Gasteiger partial charge in [0, 0.05) is 27.2 Å². The number of benzene rings is 3. The molecule has 1 heterocycles. The van der Waals surface area contributed by atoms with Crippen molar-refractivity contribution in [2.75, 3.05) is 7.11 Å². The molecule has 4 rings (SSSR count). The van der Waals surface area contributed by atoms with Gasteiger partial charge in [-0.3, -0.25) is 9.78 Å². The molecule has 6 nitrogen and oxygen atoms in total. The lowest BCUT2D eigenvalue weighted by molar-refractivity contribution is -0.120. The first-order valence-electron chi connectivity index (χ1n) is 10.4. The summed E-state index contributed by atoms with van der Waals surface area (Å²) in [5, 5.41) is 5.93. The fourth-order valence-corrected chi connectivity index (χ4v) is 3.95.